The molecule has 0 aliphatic heterocycles. The lowest BCUT2D eigenvalue weighted by Gasteiger charge is -2.08. The Morgan fingerprint density at radius 3 is 2.64 bits per heavy atom. The average Bonchev–Trinajstić information content (AvgIpc) is 2.20. The smallest absolute Gasteiger partial charge is 0.0685 e. The first kappa shape index (κ1) is 10.7. The van der Waals surface area contributed by atoms with Gasteiger partial charge in [-0.25, -0.2) is 0 Å². The van der Waals surface area contributed by atoms with Crippen LogP contribution < -0.4 is 5.73 Å². The largest absolute Gasteiger partial charge is 0.398 e. The molecule has 0 saturated heterocycles. The Bertz CT molecular complexity index is 345. The molecule has 3 nitrogen and oxygen atoms in total. The molecule has 0 unspecified atom stereocenters. The van der Waals surface area contributed by atoms with E-state index in [1.807, 2.05) is 12.1 Å². The van der Waals surface area contributed by atoms with Crippen LogP contribution in [0.5, 0.6) is 0 Å². The number of aliphatic imine (C=N–C) groups is 1. The van der Waals surface area contributed by atoms with E-state index in [-0.39, 0.29) is 6.61 Å². The number of hydrogen-bond donors (Lipinski definition) is 2. The van der Waals surface area contributed by atoms with Crippen molar-refractivity contribution in [2.75, 3.05) is 12.8 Å². The zero-order valence-corrected chi connectivity index (χ0v) is 8.62. The molecule has 0 radical (unpaired) electrons. The van der Waals surface area contributed by atoms with Crippen molar-refractivity contribution in [2.24, 2.45) is 4.99 Å². The first-order valence-electron chi connectivity index (χ1n) is 4.67. The molecule has 0 fully saturated rings. The molecule has 3 N–H and O–H groups in total. The molecule has 1 rings (SSSR count). The summed E-state index contributed by atoms with van der Waals surface area (Å²) in [5, 5.41) is 9.11. The lowest BCUT2D eigenvalue weighted by atomic mass is 10.0. The number of hydrogen-bond acceptors (Lipinski definition) is 3. The van der Waals surface area contributed by atoms with E-state index in [9.17, 15) is 0 Å². The number of aryl methyl sites for hydroxylation is 1. The normalized spacial score (nSPS) is 11.1. The predicted molar refractivity (Wildman–Crippen MR) is 59.7 cm³/mol. The summed E-state index contributed by atoms with van der Waals surface area (Å²) in [6.45, 7) is 2.09. The Balaban J connectivity index is 3.23. The number of aliphatic hydroxyl groups excluding tert-OH is 1. The fraction of sp³-hybridized carbons (Fsp3) is 0.364. The number of nitrogens with zero attached hydrogens (tertiary/aromatic N) is 1. The molecule has 14 heavy (non-hydrogen) atoms. The maximum atomic E-state index is 9.11. The Hall–Kier alpha value is -1.35. The number of benzene rings is 1. The summed E-state index contributed by atoms with van der Waals surface area (Å²) in [6, 6.07) is 3.80. The van der Waals surface area contributed by atoms with Crippen LogP contribution in [-0.2, 0) is 13.0 Å². The van der Waals surface area contributed by atoms with Gasteiger partial charge in [0.05, 0.1) is 6.61 Å². The summed E-state index contributed by atoms with van der Waals surface area (Å²) in [4.78, 5) is 3.93. The standard InChI is InChI=1S/C11H16N2O/c1-3-8-4-9(6-13-2)11(12)5-10(8)7-14/h4-6,14H,3,7,12H2,1-2H3. The maximum Gasteiger partial charge on any atom is 0.0685 e. The minimum absolute atomic E-state index is 0.0386. The van der Waals surface area contributed by atoms with E-state index in [2.05, 4.69) is 11.9 Å². The molecule has 0 heterocycles. The molecule has 0 aromatic heterocycles. The van der Waals surface area contributed by atoms with Crippen LogP contribution in [0.4, 0.5) is 5.69 Å². The highest BCUT2D eigenvalue weighted by Gasteiger charge is 2.04. The average molecular weight is 192 g/mol. The molecular formula is C11H16N2O. The van der Waals surface area contributed by atoms with Crippen molar-refractivity contribution in [1.82, 2.24) is 0 Å². The zero-order valence-electron chi connectivity index (χ0n) is 8.62. The molecule has 0 aliphatic carbocycles. The van der Waals surface area contributed by atoms with Crippen molar-refractivity contribution in [2.45, 2.75) is 20.0 Å². The van der Waals surface area contributed by atoms with Crippen LogP contribution in [-0.4, -0.2) is 18.4 Å². The first-order chi connectivity index (χ1) is 6.72. The van der Waals surface area contributed by atoms with E-state index in [4.69, 9.17) is 10.8 Å². The third kappa shape index (κ3) is 2.12. The Morgan fingerprint density at radius 1 is 1.43 bits per heavy atom. The molecule has 0 amide bonds. The van der Waals surface area contributed by atoms with Crippen LogP contribution >= 0.6 is 0 Å². The van der Waals surface area contributed by atoms with Crippen LogP contribution in [0.2, 0.25) is 0 Å². The highest BCUT2D eigenvalue weighted by molar-refractivity contribution is 5.87. The SMILES string of the molecule is CCc1cc(C=NC)c(N)cc1CO. The highest BCUT2D eigenvalue weighted by Crippen LogP contribution is 2.18. The van der Waals surface area contributed by atoms with E-state index < -0.39 is 0 Å². The summed E-state index contributed by atoms with van der Waals surface area (Å²) >= 11 is 0. The monoisotopic (exact) mass is 192 g/mol. The fourth-order valence-corrected chi connectivity index (χ4v) is 1.45. The third-order valence-electron chi connectivity index (χ3n) is 2.22. The third-order valence-corrected chi connectivity index (χ3v) is 2.22. The van der Waals surface area contributed by atoms with Gasteiger partial charge in [0.2, 0.25) is 0 Å². The quantitative estimate of drug-likeness (QED) is 0.561. The summed E-state index contributed by atoms with van der Waals surface area (Å²) in [7, 11) is 1.71. The van der Waals surface area contributed by atoms with Crippen molar-refractivity contribution in [3.05, 3.63) is 28.8 Å². The van der Waals surface area contributed by atoms with Crippen molar-refractivity contribution < 1.29 is 5.11 Å². The second kappa shape index (κ2) is 4.77. The second-order valence-corrected chi connectivity index (χ2v) is 3.15. The van der Waals surface area contributed by atoms with Crippen molar-refractivity contribution >= 4 is 11.9 Å². The summed E-state index contributed by atoms with van der Waals surface area (Å²) in [5.74, 6) is 0. The van der Waals surface area contributed by atoms with Gasteiger partial charge in [0.15, 0.2) is 0 Å². The lowest BCUT2D eigenvalue weighted by Crippen LogP contribution is -2.00. The van der Waals surface area contributed by atoms with E-state index in [1.165, 1.54) is 0 Å². The number of nitrogen functional groups attached to an aromatic ring is 1. The molecule has 0 aliphatic rings. The van der Waals surface area contributed by atoms with E-state index in [0.29, 0.717) is 5.69 Å². The van der Waals surface area contributed by atoms with Crippen LogP contribution in [0.3, 0.4) is 0 Å². The fourth-order valence-electron chi connectivity index (χ4n) is 1.45. The maximum absolute atomic E-state index is 9.11. The molecule has 76 valence electrons. The number of anilines is 1. The summed E-state index contributed by atoms with van der Waals surface area (Å²) < 4.78 is 0. The van der Waals surface area contributed by atoms with Gasteiger partial charge in [0.25, 0.3) is 0 Å². The Kier molecular flexibility index (Phi) is 3.65. The molecule has 1 aromatic carbocycles. The van der Waals surface area contributed by atoms with Crippen LogP contribution in [0, 0.1) is 0 Å². The molecule has 0 spiro atoms. The first-order valence-corrected chi connectivity index (χ1v) is 4.67. The van der Waals surface area contributed by atoms with E-state index in [1.54, 1.807) is 13.3 Å². The van der Waals surface area contributed by atoms with Gasteiger partial charge in [-0.05, 0) is 29.7 Å². The molecule has 0 atom stereocenters. The van der Waals surface area contributed by atoms with Gasteiger partial charge in [-0.2, -0.15) is 0 Å². The lowest BCUT2D eigenvalue weighted by molar-refractivity contribution is 0.281. The van der Waals surface area contributed by atoms with Crippen LogP contribution in [0.15, 0.2) is 17.1 Å². The molecule has 1 aromatic rings. The molecule has 3 heteroatoms. The van der Waals surface area contributed by atoms with Crippen LogP contribution in [0.1, 0.15) is 23.6 Å². The highest BCUT2D eigenvalue weighted by atomic mass is 16.3. The summed E-state index contributed by atoms with van der Waals surface area (Å²) in [5.41, 5.74) is 9.41. The topological polar surface area (TPSA) is 58.6 Å². The Labute approximate surface area is 84.3 Å². The minimum Gasteiger partial charge on any atom is -0.398 e. The van der Waals surface area contributed by atoms with Gasteiger partial charge in [-0.3, -0.25) is 4.99 Å². The van der Waals surface area contributed by atoms with Gasteiger partial charge >= 0.3 is 0 Å². The van der Waals surface area contributed by atoms with Gasteiger partial charge in [0, 0.05) is 24.5 Å². The van der Waals surface area contributed by atoms with Gasteiger partial charge in [-0.15, -0.1) is 0 Å². The van der Waals surface area contributed by atoms with Gasteiger partial charge < -0.3 is 10.8 Å². The van der Waals surface area contributed by atoms with Gasteiger partial charge in [-0.1, -0.05) is 6.92 Å². The number of nitrogens with two attached hydrogens (primary N) is 1. The van der Waals surface area contributed by atoms with Gasteiger partial charge in [0.1, 0.15) is 0 Å². The predicted octanol–water partition coefficient (Wildman–Crippen LogP) is 1.37. The van der Waals surface area contributed by atoms with Crippen LogP contribution in [0.25, 0.3) is 0 Å². The molecule has 0 saturated carbocycles. The molecular weight excluding hydrogens is 176 g/mol. The number of rotatable bonds is 3. The Morgan fingerprint density at radius 2 is 2.14 bits per heavy atom. The summed E-state index contributed by atoms with van der Waals surface area (Å²) in [6.07, 6.45) is 2.62. The van der Waals surface area contributed by atoms with Crippen molar-refractivity contribution in [1.29, 1.82) is 0 Å². The number of aliphatic hydroxyl groups is 1. The van der Waals surface area contributed by atoms with E-state index in [0.717, 1.165) is 23.1 Å². The van der Waals surface area contributed by atoms with Crippen molar-refractivity contribution in [3.63, 3.8) is 0 Å². The second-order valence-electron chi connectivity index (χ2n) is 3.15. The minimum atomic E-state index is 0.0386. The van der Waals surface area contributed by atoms with E-state index >= 15 is 0 Å². The molecule has 0 bridgehead atoms. The zero-order chi connectivity index (χ0) is 10.6. The van der Waals surface area contributed by atoms with Crippen molar-refractivity contribution in [3.8, 4) is 0 Å².